The molecule has 1 aromatic heterocycles. The maximum atomic E-state index is 5.95. The van der Waals surface area contributed by atoms with Gasteiger partial charge in [-0.15, -0.1) is 0 Å². The summed E-state index contributed by atoms with van der Waals surface area (Å²) in [5, 5.41) is 4.65. The predicted molar refractivity (Wildman–Crippen MR) is 82.7 cm³/mol. The van der Waals surface area contributed by atoms with E-state index in [9.17, 15) is 0 Å². The highest BCUT2D eigenvalue weighted by Gasteiger charge is 2.14. The third-order valence-corrected chi connectivity index (χ3v) is 3.15. The summed E-state index contributed by atoms with van der Waals surface area (Å²) in [4.78, 5) is 0. The topological polar surface area (TPSA) is 34.4 Å². The average molecular weight is 275 g/mol. The van der Waals surface area contributed by atoms with Crippen molar-refractivity contribution in [3.8, 4) is 0 Å². The molecule has 0 aliphatic rings. The molecule has 0 amide bonds. The third kappa shape index (κ3) is 3.84. The molecule has 1 aromatic carbocycles. The normalized spacial score (nSPS) is 11.9. The molecule has 110 valence electrons. The molecule has 0 fully saturated rings. The summed E-state index contributed by atoms with van der Waals surface area (Å²) < 4.78 is 11.7. The fraction of sp³-hybridized carbons (Fsp3) is 0.529. The van der Waals surface area contributed by atoms with Crippen molar-refractivity contribution >= 4 is 11.0 Å². The van der Waals surface area contributed by atoms with Gasteiger partial charge in [0, 0.05) is 30.1 Å². The Kier molecular flexibility index (Phi) is 5.21. The number of fused-ring (bicyclic) bond motifs is 1. The van der Waals surface area contributed by atoms with Crippen LogP contribution < -0.4 is 5.32 Å². The standard InChI is InChI=1S/C17H25NO2/c1-12(2)10-19-11-17-15(9-18-13(3)4)14-7-5-6-8-16(14)20-17/h5-8,12-13,18H,9-11H2,1-4H3. The number of para-hydroxylation sites is 1. The van der Waals surface area contributed by atoms with Crippen LogP contribution in [0.5, 0.6) is 0 Å². The first kappa shape index (κ1) is 15.1. The fourth-order valence-corrected chi connectivity index (χ4v) is 2.15. The van der Waals surface area contributed by atoms with E-state index in [1.807, 2.05) is 12.1 Å². The predicted octanol–water partition coefficient (Wildman–Crippen LogP) is 4.10. The van der Waals surface area contributed by atoms with Crippen molar-refractivity contribution in [1.82, 2.24) is 5.32 Å². The van der Waals surface area contributed by atoms with Crippen LogP contribution in [0.15, 0.2) is 28.7 Å². The molecule has 0 aliphatic carbocycles. The van der Waals surface area contributed by atoms with E-state index in [4.69, 9.17) is 9.15 Å². The van der Waals surface area contributed by atoms with Gasteiger partial charge in [-0.1, -0.05) is 45.9 Å². The molecule has 1 heterocycles. The van der Waals surface area contributed by atoms with Crippen molar-refractivity contribution in [2.45, 2.75) is 46.9 Å². The smallest absolute Gasteiger partial charge is 0.135 e. The molecular formula is C17H25NO2. The summed E-state index contributed by atoms with van der Waals surface area (Å²) in [5.74, 6) is 1.48. The van der Waals surface area contributed by atoms with Gasteiger partial charge in [-0.3, -0.25) is 0 Å². The van der Waals surface area contributed by atoms with Gasteiger partial charge in [0.1, 0.15) is 18.0 Å². The number of hydrogen-bond acceptors (Lipinski definition) is 3. The molecule has 0 saturated heterocycles. The van der Waals surface area contributed by atoms with E-state index in [-0.39, 0.29) is 0 Å². The Morgan fingerprint density at radius 1 is 1.15 bits per heavy atom. The van der Waals surface area contributed by atoms with E-state index in [0.29, 0.717) is 18.6 Å². The second kappa shape index (κ2) is 6.91. The largest absolute Gasteiger partial charge is 0.458 e. The molecule has 20 heavy (non-hydrogen) atoms. The van der Waals surface area contributed by atoms with Crippen molar-refractivity contribution in [1.29, 1.82) is 0 Å². The van der Waals surface area contributed by atoms with E-state index < -0.39 is 0 Å². The van der Waals surface area contributed by atoms with Crippen LogP contribution >= 0.6 is 0 Å². The zero-order chi connectivity index (χ0) is 14.5. The van der Waals surface area contributed by atoms with Crippen LogP contribution in [0.3, 0.4) is 0 Å². The van der Waals surface area contributed by atoms with E-state index in [0.717, 1.165) is 24.5 Å². The first-order valence-corrected chi connectivity index (χ1v) is 7.38. The number of ether oxygens (including phenoxy) is 1. The van der Waals surface area contributed by atoms with Crippen molar-refractivity contribution in [3.05, 3.63) is 35.6 Å². The Morgan fingerprint density at radius 3 is 2.60 bits per heavy atom. The molecular weight excluding hydrogens is 250 g/mol. The van der Waals surface area contributed by atoms with Gasteiger partial charge >= 0.3 is 0 Å². The van der Waals surface area contributed by atoms with Crippen LogP contribution in [0.2, 0.25) is 0 Å². The second-order valence-corrected chi connectivity index (χ2v) is 5.94. The van der Waals surface area contributed by atoms with Gasteiger partial charge < -0.3 is 14.5 Å². The average Bonchev–Trinajstić information content (AvgIpc) is 2.73. The van der Waals surface area contributed by atoms with Crippen LogP contribution in [0, 0.1) is 5.92 Å². The SMILES string of the molecule is CC(C)COCc1oc2ccccc2c1CNC(C)C. The first-order valence-electron chi connectivity index (χ1n) is 7.38. The van der Waals surface area contributed by atoms with E-state index in [1.165, 1.54) is 10.9 Å². The summed E-state index contributed by atoms with van der Waals surface area (Å²) in [5.41, 5.74) is 2.16. The van der Waals surface area contributed by atoms with Crippen LogP contribution in [0.25, 0.3) is 11.0 Å². The maximum Gasteiger partial charge on any atom is 0.135 e. The molecule has 0 radical (unpaired) electrons. The molecule has 0 aliphatic heterocycles. The molecule has 2 rings (SSSR count). The van der Waals surface area contributed by atoms with Crippen LogP contribution in [-0.2, 0) is 17.9 Å². The molecule has 0 saturated carbocycles. The van der Waals surface area contributed by atoms with Crippen molar-refractivity contribution in [2.24, 2.45) is 5.92 Å². The van der Waals surface area contributed by atoms with Gasteiger partial charge in [0.05, 0.1) is 0 Å². The monoisotopic (exact) mass is 275 g/mol. The zero-order valence-corrected chi connectivity index (χ0v) is 12.9. The Morgan fingerprint density at radius 2 is 1.90 bits per heavy atom. The van der Waals surface area contributed by atoms with Crippen LogP contribution in [0.1, 0.15) is 39.0 Å². The Hall–Kier alpha value is -1.32. The highest BCUT2D eigenvalue weighted by Crippen LogP contribution is 2.26. The van der Waals surface area contributed by atoms with Crippen LogP contribution in [-0.4, -0.2) is 12.6 Å². The quantitative estimate of drug-likeness (QED) is 0.826. The minimum Gasteiger partial charge on any atom is -0.458 e. The van der Waals surface area contributed by atoms with Gasteiger partial charge in [0.2, 0.25) is 0 Å². The lowest BCUT2D eigenvalue weighted by molar-refractivity contribution is 0.0848. The minimum atomic E-state index is 0.452. The third-order valence-electron chi connectivity index (χ3n) is 3.15. The Balaban J connectivity index is 2.19. The summed E-state index contributed by atoms with van der Waals surface area (Å²) >= 11 is 0. The fourth-order valence-electron chi connectivity index (χ4n) is 2.15. The molecule has 0 bridgehead atoms. The Bertz CT molecular complexity index is 543. The molecule has 0 spiro atoms. The summed E-state index contributed by atoms with van der Waals surface area (Å²) in [7, 11) is 0. The van der Waals surface area contributed by atoms with Gasteiger partial charge in [0.25, 0.3) is 0 Å². The van der Waals surface area contributed by atoms with Crippen LogP contribution in [0.4, 0.5) is 0 Å². The Labute approximate surface area is 121 Å². The van der Waals surface area contributed by atoms with E-state index in [2.05, 4.69) is 45.1 Å². The van der Waals surface area contributed by atoms with Gasteiger partial charge in [-0.05, 0) is 12.0 Å². The van der Waals surface area contributed by atoms with E-state index in [1.54, 1.807) is 0 Å². The highest BCUT2D eigenvalue weighted by molar-refractivity contribution is 5.82. The molecule has 2 aromatic rings. The summed E-state index contributed by atoms with van der Waals surface area (Å²) in [6.45, 7) is 10.7. The maximum absolute atomic E-state index is 5.95. The van der Waals surface area contributed by atoms with Gasteiger partial charge in [-0.2, -0.15) is 0 Å². The van der Waals surface area contributed by atoms with Crippen molar-refractivity contribution in [3.63, 3.8) is 0 Å². The molecule has 0 unspecified atom stereocenters. The second-order valence-electron chi connectivity index (χ2n) is 5.94. The van der Waals surface area contributed by atoms with Crippen molar-refractivity contribution < 1.29 is 9.15 Å². The van der Waals surface area contributed by atoms with E-state index >= 15 is 0 Å². The highest BCUT2D eigenvalue weighted by atomic mass is 16.5. The zero-order valence-electron chi connectivity index (χ0n) is 12.9. The lowest BCUT2D eigenvalue weighted by Crippen LogP contribution is -2.22. The number of furan rings is 1. The summed E-state index contributed by atoms with van der Waals surface area (Å²) in [6.07, 6.45) is 0. The lowest BCUT2D eigenvalue weighted by Gasteiger charge is -2.10. The first-order chi connectivity index (χ1) is 9.58. The number of rotatable bonds is 7. The molecule has 3 nitrogen and oxygen atoms in total. The van der Waals surface area contributed by atoms with Gasteiger partial charge in [-0.25, -0.2) is 0 Å². The molecule has 3 heteroatoms. The number of benzene rings is 1. The number of nitrogens with one attached hydrogen (secondary N) is 1. The van der Waals surface area contributed by atoms with Gasteiger partial charge in [0.15, 0.2) is 0 Å². The molecule has 1 N–H and O–H groups in total. The van der Waals surface area contributed by atoms with Crippen molar-refractivity contribution in [2.75, 3.05) is 6.61 Å². The molecule has 0 atom stereocenters. The summed E-state index contributed by atoms with van der Waals surface area (Å²) in [6, 6.07) is 8.63. The minimum absolute atomic E-state index is 0.452. The lowest BCUT2D eigenvalue weighted by atomic mass is 10.1. The number of hydrogen-bond donors (Lipinski definition) is 1.